The average molecular weight is 502 g/mol. The number of carbonyl (C=O) groups is 2. The van der Waals surface area contributed by atoms with E-state index in [9.17, 15) is 9.59 Å². The molecule has 9 nitrogen and oxygen atoms in total. The first-order valence-electron chi connectivity index (χ1n) is 10.8. The Hall–Kier alpha value is -3.05. The van der Waals surface area contributed by atoms with Gasteiger partial charge in [0.2, 0.25) is 5.91 Å². The van der Waals surface area contributed by atoms with Gasteiger partial charge in [-0.2, -0.15) is 0 Å². The predicted molar refractivity (Wildman–Crippen MR) is 133 cm³/mol. The number of nitrogens with zero attached hydrogens (tertiary/aromatic N) is 3. The Morgan fingerprint density at radius 2 is 2.03 bits per heavy atom. The third-order valence-corrected chi connectivity index (χ3v) is 8.01. The van der Waals surface area contributed by atoms with E-state index in [4.69, 9.17) is 15.2 Å². The zero-order valence-corrected chi connectivity index (χ0v) is 21.1. The summed E-state index contributed by atoms with van der Waals surface area (Å²) in [6.07, 6.45) is 2.73. The number of rotatable bonds is 8. The van der Waals surface area contributed by atoms with Crippen LogP contribution in [-0.2, 0) is 24.7 Å². The third kappa shape index (κ3) is 4.76. The van der Waals surface area contributed by atoms with E-state index in [1.165, 1.54) is 23.1 Å². The van der Waals surface area contributed by atoms with Crippen LogP contribution >= 0.6 is 23.1 Å². The first-order chi connectivity index (χ1) is 16.3. The zero-order valence-electron chi connectivity index (χ0n) is 19.5. The van der Waals surface area contributed by atoms with Crippen LogP contribution in [0.15, 0.2) is 23.4 Å². The molecule has 1 unspecified atom stereocenters. The monoisotopic (exact) mass is 501 g/mol. The van der Waals surface area contributed by atoms with Gasteiger partial charge in [-0.25, -0.2) is 0 Å². The minimum Gasteiger partial charge on any atom is -0.493 e. The number of thiophene rings is 1. The Kier molecular flexibility index (Phi) is 7.13. The van der Waals surface area contributed by atoms with Crippen molar-refractivity contribution in [2.75, 3.05) is 25.3 Å². The van der Waals surface area contributed by atoms with Gasteiger partial charge in [0.25, 0.3) is 5.91 Å². The molecule has 0 radical (unpaired) electrons. The second-order valence-electron chi connectivity index (χ2n) is 8.19. The standard InChI is InChI=1S/C23H27N5O4S2/c1-12-5-7-14-17(9-12)34-22(19(14)20(24)30)25-18(29)11-33-23-27-26-21(28(23)2)13-6-8-15(31-3)16(10-13)32-4/h6,8,10,12H,5,7,9,11H2,1-4H3,(H2,24,30)(H,25,29). The van der Waals surface area contributed by atoms with Crippen molar-refractivity contribution in [3.8, 4) is 22.9 Å². The minimum atomic E-state index is -0.497. The van der Waals surface area contributed by atoms with Crippen LogP contribution in [-0.4, -0.2) is 46.6 Å². The number of primary amides is 1. The van der Waals surface area contributed by atoms with Crippen LogP contribution in [0.5, 0.6) is 11.5 Å². The highest BCUT2D eigenvalue weighted by molar-refractivity contribution is 7.99. The average Bonchev–Trinajstić information content (AvgIpc) is 3.36. The fourth-order valence-electron chi connectivity index (χ4n) is 4.06. The van der Waals surface area contributed by atoms with Gasteiger partial charge in [0, 0.05) is 17.5 Å². The summed E-state index contributed by atoms with van der Waals surface area (Å²) in [5.41, 5.74) is 7.91. The molecule has 0 aliphatic heterocycles. The molecular weight excluding hydrogens is 474 g/mol. The maximum Gasteiger partial charge on any atom is 0.251 e. The Morgan fingerprint density at radius 3 is 2.74 bits per heavy atom. The van der Waals surface area contributed by atoms with E-state index < -0.39 is 5.91 Å². The van der Waals surface area contributed by atoms with Gasteiger partial charge in [0.15, 0.2) is 22.5 Å². The Balaban J connectivity index is 1.46. The van der Waals surface area contributed by atoms with Crippen LogP contribution in [0.3, 0.4) is 0 Å². The second-order valence-corrected chi connectivity index (χ2v) is 10.2. The molecule has 2 heterocycles. The van der Waals surface area contributed by atoms with E-state index in [1.807, 2.05) is 23.7 Å². The lowest BCUT2D eigenvalue weighted by Crippen LogP contribution is -2.20. The number of methoxy groups -OCH3 is 2. The van der Waals surface area contributed by atoms with Crippen molar-refractivity contribution >= 4 is 39.9 Å². The van der Waals surface area contributed by atoms with Crippen LogP contribution in [0, 0.1) is 5.92 Å². The lowest BCUT2D eigenvalue weighted by Gasteiger charge is -2.18. The van der Waals surface area contributed by atoms with Crippen molar-refractivity contribution in [3.05, 3.63) is 34.2 Å². The SMILES string of the molecule is COc1ccc(-c2nnc(SCC(=O)Nc3sc4c(c3C(N)=O)CCC(C)C4)n2C)cc1OC. The van der Waals surface area contributed by atoms with E-state index in [0.29, 0.717) is 39.0 Å². The highest BCUT2D eigenvalue weighted by Crippen LogP contribution is 2.39. The Bertz CT molecular complexity index is 1240. The summed E-state index contributed by atoms with van der Waals surface area (Å²) in [4.78, 5) is 26.0. The molecule has 3 N–H and O–H groups in total. The van der Waals surface area contributed by atoms with Gasteiger partial charge in [-0.05, 0) is 48.9 Å². The minimum absolute atomic E-state index is 0.120. The van der Waals surface area contributed by atoms with E-state index in [2.05, 4.69) is 22.4 Å². The summed E-state index contributed by atoms with van der Waals surface area (Å²) >= 11 is 2.72. The number of hydrogen-bond donors (Lipinski definition) is 2. The highest BCUT2D eigenvalue weighted by Gasteiger charge is 2.27. The largest absolute Gasteiger partial charge is 0.493 e. The maximum absolute atomic E-state index is 12.7. The fourth-order valence-corrected chi connectivity index (χ4v) is 6.20. The van der Waals surface area contributed by atoms with Gasteiger partial charge in [-0.1, -0.05) is 18.7 Å². The number of aromatic nitrogens is 3. The van der Waals surface area contributed by atoms with E-state index in [0.717, 1.165) is 35.3 Å². The summed E-state index contributed by atoms with van der Waals surface area (Å²) in [6, 6.07) is 5.51. The molecule has 0 saturated heterocycles. The van der Waals surface area contributed by atoms with Gasteiger partial charge in [0.05, 0.1) is 25.5 Å². The molecule has 11 heteroatoms. The van der Waals surface area contributed by atoms with Crippen molar-refractivity contribution in [1.29, 1.82) is 0 Å². The number of ether oxygens (including phenoxy) is 2. The molecular formula is C23H27N5O4S2. The van der Waals surface area contributed by atoms with E-state index >= 15 is 0 Å². The van der Waals surface area contributed by atoms with Crippen LogP contribution in [0.4, 0.5) is 5.00 Å². The van der Waals surface area contributed by atoms with Gasteiger partial charge in [-0.3, -0.25) is 9.59 Å². The molecule has 3 aromatic rings. The molecule has 2 amide bonds. The molecule has 1 aromatic carbocycles. The Morgan fingerprint density at radius 1 is 1.26 bits per heavy atom. The maximum atomic E-state index is 12.7. The lowest BCUT2D eigenvalue weighted by atomic mass is 9.88. The summed E-state index contributed by atoms with van der Waals surface area (Å²) in [5.74, 6) is 1.81. The third-order valence-electron chi connectivity index (χ3n) is 5.82. The molecule has 0 fully saturated rings. The van der Waals surface area contributed by atoms with Crippen molar-refractivity contribution in [2.45, 2.75) is 31.3 Å². The fraction of sp³-hybridized carbons (Fsp3) is 0.391. The molecule has 1 atom stereocenters. The summed E-state index contributed by atoms with van der Waals surface area (Å²) in [5, 5.41) is 12.5. The molecule has 2 aromatic heterocycles. The molecule has 0 bridgehead atoms. The molecule has 1 aliphatic rings. The van der Waals surface area contributed by atoms with Crippen LogP contribution in [0.25, 0.3) is 11.4 Å². The van der Waals surface area contributed by atoms with Gasteiger partial charge >= 0.3 is 0 Å². The number of benzene rings is 1. The first kappa shape index (κ1) is 24.1. The molecule has 1 aliphatic carbocycles. The predicted octanol–water partition coefficient (Wildman–Crippen LogP) is 3.52. The van der Waals surface area contributed by atoms with Crippen molar-refractivity contribution in [1.82, 2.24) is 14.8 Å². The normalized spacial score (nSPS) is 15.0. The molecule has 180 valence electrons. The molecule has 4 rings (SSSR count). The topological polar surface area (TPSA) is 121 Å². The number of thioether (sulfide) groups is 1. The van der Waals surface area contributed by atoms with Gasteiger partial charge in [-0.15, -0.1) is 21.5 Å². The van der Waals surface area contributed by atoms with Gasteiger partial charge in [0.1, 0.15) is 5.00 Å². The second kappa shape index (κ2) is 10.1. The van der Waals surface area contributed by atoms with Gasteiger partial charge < -0.3 is 25.1 Å². The summed E-state index contributed by atoms with van der Waals surface area (Å²) < 4.78 is 12.5. The summed E-state index contributed by atoms with van der Waals surface area (Å²) in [7, 11) is 5.00. The zero-order chi connectivity index (χ0) is 24.4. The number of nitrogens with one attached hydrogen (secondary N) is 1. The van der Waals surface area contributed by atoms with Crippen LogP contribution < -0.4 is 20.5 Å². The van der Waals surface area contributed by atoms with E-state index in [-0.39, 0.29) is 11.7 Å². The molecule has 0 saturated carbocycles. The number of anilines is 1. The lowest BCUT2D eigenvalue weighted by molar-refractivity contribution is -0.113. The van der Waals surface area contributed by atoms with Crippen molar-refractivity contribution in [3.63, 3.8) is 0 Å². The number of hydrogen-bond acceptors (Lipinski definition) is 8. The number of nitrogens with two attached hydrogens (primary N) is 1. The molecule has 0 spiro atoms. The smallest absolute Gasteiger partial charge is 0.251 e. The molecule has 34 heavy (non-hydrogen) atoms. The first-order valence-corrected chi connectivity index (χ1v) is 12.6. The van der Waals surface area contributed by atoms with Crippen molar-refractivity contribution < 1.29 is 19.1 Å². The number of carbonyl (C=O) groups excluding carboxylic acids is 2. The quantitative estimate of drug-likeness (QED) is 0.453. The van der Waals surface area contributed by atoms with Crippen molar-refractivity contribution in [2.24, 2.45) is 18.7 Å². The number of fused-ring (bicyclic) bond motifs is 1. The Labute approximate surface area is 206 Å². The highest BCUT2D eigenvalue weighted by atomic mass is 32.2. The van der Waals surface area contributed by atoms with Crippen LogP contribution in [0.2, 0.25) is 0 Å². The van der Waals surface area contributed by atoms with E-state index in [1.54, 1.807) is 20.3 Å². The summed E-state index contributed by atoms with van der Waals surface area (Å²) in [6.45, 7) is 2.19. The van der Waals surface area contributed by atoms with Crippen LogP contribution in [0.1, 0.15) is 34.1 Å². The number of amides is 2.